The van der Waals surface area contributed by atoms with Crippen LogP contribution in [0, 0.1) is 11.3 Å². The normalized spacial score (nSPS) is 20.9. The molecule has 0 spiro atoms. The molecule has 0 N–H and O–H groups in total. The first kappa shape index (κ1) is 14.2. The highest BCUT2D eigenvalue weighted by Gasteiger charge is 2.27. The molecule has 2 unspecified atom stereocenters. The van der Waals surface area contributed by atoms with Gasteiger partial charge in [0.25, 0.3) is 0 Å². The van der Waals surface area contributed by atoms with Crippen LogP contribution in [0.15, 0.2) is 35.8 Å². The van der Waals surface area contributed by atoms with E-state index in [9.17, 15) is 0 Å². The van der Waals surface area contributed by atoms with Gasteiger partial charge in [-0.2, -0.15) is 5.26 Å². The predicted molar refractivity (Wildman–Crippen MR) is 82.0 cm³/mol. The van der Waals surface area contributed by atoms with Gasteiger partial charge in [0.1, 0.15) is 11.1 Å². The van der Waals surface area contributed by atoms with Gasteiger partial charge in [-0.3, -0.25) is 4.90 Å². The first-order chi connectivity index (χ1) is 10.3. The highest BCUT2D eigenvalue weighted by Crippen LogP contribution is 2.29. The van der Waals surface area contributed by atoms with Crippen molar-refractivity contribution < 1.29 is 4.74 Å². The monoisotopic (exact) mass is 299 g/mol. The second-order valence-corrected chi connectivity index (χ2v) is 6.06. The van der Waals surface area contributed by atoms with Crippen molar-refractivity contribution in [3.8, 4) is 6.07 Å². The van der Waals surface area contributed by atoms with Gasteiger partial charge in [-0.25, -0.2) is 4.98 Å². The van der Waals surface area contributed by atoms with Crippen molar-refractivity contribution in [2.75, 3.05) is 19.7 Å². The van der Waals surface area contributed by atoms with Crippen LogP contribution in [0.5, 0.6) is 0 Å². The van der Waals surface area contributed by atoms with Crippen molar-refractivity contribution in [1.29, 1.82) is 5.26 Å². The molecule has 4 nitrogen and oxygen atoms in total. The minimum absolute atomic E-state index is 0.0559. The van der Waals surface area contributed by atoms with Gasteiger partial charge < -0.3 is 4.74 Å². The number of thiazole rings is 1. The van der Waals surface area contributed by atoms with Gasteiger partial charge in [0, 0.05) is 30.7 Å². The number of hydrogen-bond donors (Lipinski definition) is 0. The molecule has 1 aromatic heterocycles. The zero-order valence-corrected chi connectivity index (χ0v) is 12.7. The molecule has 2 aromatic rings. The van der Waals surface area contributed by atoms with Crippen LogP contribution in [0.1, 0.15) is 35.2 Å². The maximum absolute atomic E-state index is 9.03. The Balaban J connectivity index is 1.75. The van der Waals surface area contributed by atoms with E-state index >= 15 is 0 Å². The van der Waals surface area contributed by atoms with E-state index in [0.717, 1.165) is 18.1 Å². The van der Waals surface area contributed by atoms with E-state index in [2.05, 4.69) is 28.9 Å². The standard InChI is InChI=1S/C16H17N3OS/c1-12(14-4-2-3-13(9-14)10-17)19-6-7-20-15(11-19)16-18-5-8-21-16/h2-5,8-9,12,15H,6-7,11H2,1H3. The van der Waals surface area contributed by atoms with Crippen molar-refractivity contribution in [3.63, 3.8) is 0 Å². The van der Waals surface area contributed by atoms with Crippen LogP contribution >= 0.6 is 11.3 Å². The van der Waals surface area contributed by atoms with Crippen molar-refractivity contribution >= 4 is 11.3 Å². The molecule has 21 heavy (non-hydrogen) atoms. The number of morpholine rings is 1. The van der Waals surface area contributed by atoms with E-state index < -0.39 is 0 Å². The Morgan fingerprint density at radius 3 is 3.19 bits per heavy atom. The lowest BCUT2D eigenvalue weighted by Crippen LogP contribution is -2.39. The molecule has 108 valence electrons. The highest BCUT2D eigenvalue weighted by atomic mass is 32.1. The maximum Gasteiger partial charge on any atom is 0.123 e. The topological polar surface area (TPSA) is 49.2 Å². The van der Waals surface area contributed by atoms with Gasteiger partial charge in [-0.15, -0.1) is 11.3 Å². The van der Waals surface area contributed by atoms with Crippen LogP contribution in [0.4, 0.5) is 0 Å². The van der Waals surface area contributed by atoms with Crippen LogP contribution in [-0.2, 0) is 4.74 Å². The molecule has 0 amide bonds. The highest BCUT2D eigenvalue weighted by molar-refractivity contribution is 7.09. The summed E-state index contributed by atoms with van der Waals surface area (Å²) in [4.78, 5) is 6.75. The number of benzene rings is 1. The Morgan fingerprint density at radius 1 is 1.52 bits per heavy atom. The number of nitriles is 1. The molecule has 2 atom stereocenters. The summed E-state index contributed by atoms with van der Waals surface area (Å²) in [5.41, 5.74) is 1.89. The van der Waals surface area contributed by atoms with Crippen molar-refractivity contribution in [1.82, 2.24) is 9.88 Å². The van der Waals surface area contributed by atoms with Crippen LogP contribution in [-0.4, -0.2) is 29.6 Å². The van der Waals surface area contributed by atoms with Gasteiger partial charge in [0.15, 0.2) is 0 Å². The predicted octanol–water partition coefficient (Wildman–Crippen LogP) is 3.15. The summed E-state index contributed by atoms with van der Waals surface area (Å²) in [5, 5.41) is 12.1. The van der Waals surface area contributed by atoms with Gasteiger partial charge in [0.2, 0.25) is 0 Å². The van der Waals surface area contributed by atoms with Crippen molar-refractivity contribution in [2.45, 2.75) is 19.1 Å². The molecule has 0 saturated carbocycles. The fraction of sp³-hybridized carbons (Fsp3) is 0.375. The van der Waals surface area contributed by atoms with Crippen LogP contribution in [0.25, 0.3) is 0 Å². The molecule has 3 rings (SSSR count). The van der Waals surface area contributed by atoms with E-state index in [1.165, 1.54) is 5.56 Å². The first-order valence-electron chi connectivity index (χ1n) is 7.03. The third kappa shape index (κ3) is 3.13. The summed E-state index contributed by atoms with van der Waals surface area (Å²) in [6.45, 7) is 4.64. The summed E-state index contributed by atoms with van der Waals surface area (Å²) in [5.74, 6) is 0. The van der Waals surface area contributed by atoms with E-state index in [0.29, 0.717) is 12.2 Å². The lowest BCUT2D eigenvalue weighted by atomic mass is 10.0. The molecule has 1 fully saturated rings. The number of ether oxygens (including phenoxy) is 1. The second kappa shape index (κ2) is 6.35. The molecular weight excluding hydrogens is 282 g/mol. The number of nitrogens with zero attached hydrogens (tertiary/aromatic N) is 3. The van der Waals surface area contributed by atoms with Gasteiger partial charge in [-0.05, 0) is 24.6 Å². The zero-order valence-electron chi connectivity index (χ0n) is 11.9. The van der Waals surface area contributed by atoms with Crippen LogP contribution in [0.3, 0.4) is 0 Å². The second-order valence-electron chi connectivity index (χ2n) is 5.14. The molecule has 1 aliphatic heterocycles. The smallest absolute Gasteiger partial charge is 0.123 e. The third-order valence-corrected chi connectivity index (χ3v) is 4.74. The van der Waals surface area contributed by atoms with Gasteiger partial charge in [-0.1, -0.05) is 12.1 Å². The number of aromatic nitrogens is 1. The molecule has 1 aromatic carbocycles. The van der Waals surface area contributed by atoms with Crippen molar-refractivity contribution in [2.24, 2.45) is 0 Å². The summed E-state index contributed by atoms with van der Waals surface area (Å²) in [7, 11) is 0. The molecule has 0 aliphatic carbocycles. The van der Waals surface area contributed by atoms with Crippen LogP contribution < -0.4 is 0 Å². The fourth-order valence-electron chi connectivity index (χ4n) is 2.64. The summed E-state index contributed by atoms with van der Waals surface area (Å²) in [6.07, 6.45) is 1.88. The Kier molecular flexibility index (Phi) is 4.30. The lowest BCUT2D eigenvalue weighted by molar-refractivity contribution is -0.0432. The van der Waals surface area contributed by atoms with Crippen LogP contribution in [0.2, 0.25) is 0 Å². The lowest BCUT2D eigenvalue weighted by Gasteiger charge is -2.36. The number of hydrogen-bond acceptors (Lipinski definition) is 5. The summed E-state index contributed by atoms with van der Waals surface area (Å²) < 4.78 is 5.84. The minimum atomic E-state index is 0.0559. The number of rotatable bonds is 3. The molecular formula is C16H17N3OS. The largest absolute Gasteiger partial charge is 0.368 e. The molecule has 2 heterocycles. The average Bonchev–Trinajstić information content (AvgIpc) is 3.09. The van der Waals surface area contributed by atoms with Gasteiger partial charge in [0.05, 0.1) is 18.2 Å². The molecule has 1 aliphatic rings. The van der Waals surface area contributed by atoms with Crippen molar-refractivity contribution in [3.05, 3.63) is 52.0 Å². The first-order valence-corrected chi connectivity index (χ1v) is 7.91. The van der Waals surface area contributed by atoms with E-state index in [-0.39, 0.29) is 12.1 Å². The van der Waals surface area contributed by atoms with E-state index in [1.807, 2.05) is 29.8 Å². The quantitative estimate of drug-likeness (QED) is 0.873. The Hall–Kier alpha value is -1.74. The average molecular weight is 299 g/mol. The molecule has 5 heteroatoms. The molecule has 0 radical (unpaired) electrons. The van der Waals surface area contributed by atoms with E-state index in [1.54, 1.807) is 11.3 Å². The molecule has 1 saturated heterocycles. The Labute approximate surface area is 128 Å². The SMILES string of the molecule is CC(c1cccc(C#N)c1)N1CCOC(c2nccs2)C1. The van der Waals surface area contributed by atoms with Gasteiger partial charge >= 0.3 is 0 Å². The van der Waals surface area contributed by atoms with E-state index in [4.69, 9.17) is 10.00 Å². The minimum Gasteiger partial charge on any atom is -0.368 e. The summed E-state index contributed by atoms with van der Waals surface area (Å²) >= 11 is 1.64. The molecule has 0 bridgehead atoms. The summed E-state index contributed by atoms with van der Waals surface area (Å²) in [6, 6.07) is 10.3. The fourth-order valence-corrected chi connectivity index (χ4v) is 3.32. The third-order valence-electron chi connectivity index (χ3n) is 3.87. The Morgan fingerprint density at radius 2 is 2.43 bits per heavy atom. The Bertz CT molecular complexity index is 635. The zero-order chi connectivity index (χ0) is 14.7. The maximum atomic E-state index is 9.03.